The Morgan fingerprint density at radius 1 is 1.02 bits per heavy atom. The average Bonchev–Trinajstić information content (AvgIpc) is 2.97. The van der Waals surface area contributed by atoms with Crippen LogP contribution in [-0.4, -0.2) is 54.1 Å². The number of carbonyl (C=O) groups excluding carboxylic acids is 2. The largest absolute Gasteiger partial charge is 0.490 e. The maximum Gasteiger partial charge on any atom is 0.305 e. The fourth-order valence-electron chi connectivity index (χ4n) is 4.33. The average molecular weight is 651 g/mol. The number of hydrogen-bond acceptors (Lipinski definition) is 7. The molecule has 1 heterocycles. The number of carbonyl (C=O) groups is 3. The van der Waals surface area contributed by atoms with E-state index >= 15 is 0 Å². The van der Waals surface area contributed by atoms with Crippen LogP contribution >= 0.6 is 23.2 Å². The van der Waals surface area contributed by atoms with Gasteiger partial charge in [-0.3, -0.25) is 14.4 Å². The van der Waals surface area contributed by atoms with Crippen molar-refractivity contribution < 1.29 is 24.2 Å². The van der Waals surface area contributed by atoms with E-state index in [9.17, 15) is 19.5 Å². The topological polar surface area (TPSA) is 178 Å². The van der Waals surface area contributed by atoms with Crippen LogP contribution in [0.25, 0.3) is 10.4 Å². The van der Waals surface area contributed by atoms with Crippen molar-refractivity contribution in [2.75, 3.05) is 31.6 Å². The zero-order valence-electron chi connectivity index (χ0n) is 25.0. The molecule has 0 spiro atoms. The summed E-state index contributed by atoms with van der Waals surface area (Å²) >= 11 is 12.8. The number of nitrogens with one attached hydrogen (secondary N) is 3. The second-order valence-electron chi connectivity index (χ2n) is 10.3. The third-order valence-corrected chi connectivity index (χ3v) is 7.16. The van der Waals surface area contributed by atoms with Crippen molar-refractivity contribution in [1.29, 1.82) is 0 Å². The van der Waals surface area contributed by atoms with Crippen LogP contribution in [0.1, 0.15) is 81.4 Å². The minimum atomic E-state index is -1.13. The second-order valence-corrected chi connectivity index (χ2v) is 11.1. The maximum absolute atomic E-state index is 12.6. The standard InChI is InChI=1S/C30H41Cl2N7O5/c1-21-11-14-35-26(16-21)34-12-8-6-10-27(40)36-20-28(41)38-25(19-29(42)43)22-17-23(31)30(24(32)18-22)44-15-9-5-3-2-4-7-13-37-39-33/h11,14,16-18,25H,2-10,12-13,15,19-20H2,1H3,(H,34,35)(H,36,40)(H,38,41)(H,42,43). The lowest BCUT2D eigenvalue weighted by Crippen LogP contribution is -2.39. The number of carboxylic acids is 1. The van der Waals surface area contributed by atoms with Crippen LogP contribution in [0.15, 0.2) is 35.6 Å². The molecule has 0 aliphatic rings. The molecular weight excluding hydrogens is 609 g/mol. The number of carboxylic acid groups (broad SMARTS) is 1. The quantitative estimate of drug-likeness (QED) is 0.0471. The number of ether oxygens (including phenoxy) is 1. The zero-order valence-corrected chi connectivity index (χ0v) is 26.5. The zero-order chi connectivity index (χ0) is 32.2. The third-order valence-electron chi connectivity index (χ3n) is 6.60. The summed E-state index contributed by atoms with van der Waals surface area (Å²) in [6.07, 6.45) is 8.67. The summed E-state index contributed by atoms with van der Waals surface area (Å²) in [5.74, 6) is -0.863. The third kappa shape index (κ3) is 15.1. The summed E-state index contributed by atoms with van der Waals surface area (Å²) in [6.45, 7) is 3.29. The number of halogens is 2. The van der Waals surface area contributed by atoms with E-state index in [2.05, 4.69) is 31.0 Å². The highest BCUT2D eigenvalue weighted by Gasteiger charge is 2.21. The maximum atomic E-state index is 12.6. The molecule has 0 fully saturated rings. The van der Waals surface area contributed by atoms with Gasteiger partial charge in [0.15, 0.2) is 5.75 Å². The van der Waals surface area contributed by atoms with Crippen molar-refractivity contribution in [2.24, 2.45) is 5.11 Å². The Hall–Kier alpha value is -3.73. The molecule has 1 aromatic carbocycles. The molecule has 12 nitrogen and oxygen atoms in total. The highest BCUT2D eigenvalue weighted by molar-refractivity contribution is 6.37. The lowest BCUT2D eigenvalue weighted by atomic mass is 10.0. The molecule has 0 radical (unpaired) electrons. The number of azide groups is 1. The lowest BCUT2D eigenvalue weighted by molar-refractivity contribution is -0.138. The number of hydrogen-bond donors (Lipinski definition) is 4. The van der Waals surface area contributed by atoms with Crippen LogP contribution in [0.4, 0.5) is 5.82 Å². The molecule has 14 heteroatoms. The van der Waals surface area contributed by atoms with Gasteiger partial charge in [0.1, 0.15) is 5.82 Å². The van der Waals surface area contributed by atoms with Crippen LogP contribution in [0, 0.1) is 6.92 Å². The number of rotatable bonds is 22. The fraction of sp³-hybridized carbons (Fsp3) is 0.533. The van der Waals surface area contributed by atoms with Gasteiger partial charge in [0.25, 0.3) is 0 Å². The van der Waals surface area contributed by atoms with E-state index < -0.39 is 24.3 Å². The lowest BCUT2D eigenvalue weighted by Gasteiger charge is -2.20. The fourth-order valence-corrected chi connectivity index (χ4v) is 4.94. The minimum absolute atomic E-state index is 0.205. The highest BCUT2D eigenvalue weighted by Crippen LogP contribution is 2.36. The molecule has 0 aliphatic carbocycles. The van der Waals surface area contributed by atoms with Crippen LogP contribution < -0.4 is 20.7 Å². The summed E-state index contributed by atoms with van der Waals surface area (Å²) in [4.78, 5) is 43.3. The Morgan fingerprint density at radius 3 is 2.41 bits per heavy atom. The van der Waals surface area contributed by atoms with Crippen LogP contribution in [0.3, 0.4) is 0 Å². The van der Waals surface area contributed by atoms with Gasteiger partial charge >= 0.3 is 5.97 Å². The van der Waals surface area contributed by atoms with E-state index in [1.54, 1.807) is 6.20 Å². The molecule has 44 heavy (non-hydrogen) atoms. The van der Waals surface area contributed by atoms with E-state index in [1.165, 1.54) is 12.1 Å². The summed E-state index contributed by atoms with van der Waals surface area (Å²) in [5, 5.41) is 21.8. The number of anilines is 1. The van der Waals surface area contributed by atoms with E-state index in [0.717, 1.165) is 56.3 Å². The predicted octanol–water partition coefficient (Wildman–Crippen LogP) is 6.76. The number of benzene rings is 1. The van der Waals surface area contributed by atoms with Gasteiger partial charge in [-0.05, 0) is 73.5 Å². The molecule has 2 aromatic rings. The first-order valence-corrected chi connectivity index (χ1v) is 15.5. The van der Waals surface area contributed by atoms with Crippen molar-refractivity contribution in [3.63, 3.8) is 0 Å². The normalized spacial score (nSPS) is 11.2. The van der Waals surface area contributed by atoms with E-state index in [1.807, 2.05) is 19.1 Å². The van der Waals surface area contributed by atoms with Crippen LogP contribution in [0.5, 0.6) is 5.75 Å². The molecular formula is C30H41Cl2N7O5. The van der Waals surface area contributed by atoms with E-state index in [0.29, 0.717) is 37.4 Å². The van der Waals surface area contributed by atoms with E-state index in [4.69, 9.17) is 33.5 Å². The van der Waals surface area contributed by atoms with Gasteiger partial charge in [0, 0.05) is 30.6 Å². The number of aryl methyl sites for hydroxylation is 1. The Morgan fingerprint density at radius 2 is 1.73 bits per heavy atom. The van der Waals surface area contributed by atoms with Gasteiger partial charge in [-0.1, -0.05) is 54.0 Å². The van der Waals surface area contributed by atoms with Crippen LogP contribution in [-0.2, 0) is 14.4 Å². The summed E-state index contributed by atoms with van der Waals surface area (Å²) in [6, 6.07) is 5.99. The summed E-state index contributed by atoms with van der Waals surface area (Å²) in [7, 11) is 0. The number of unbranched alkanes of at least 4 members (excludes halogenated alkanes) is 6. The van der Waals surface area contributed by atoms with Crippen LogP contribution in [0.2, 0.25) is 10.0 Å². The number of pyridine rings is 1. The SMILES string of the molecule is Cc1ccnc(NCCCCC(=O)NCC(=O)NC(CC(=O)O)c2cc(Cl)c(OCCCCCCCCN=[N+]=[N-])c(Cl)c2)c1. The smallest absolute Gasteiger partial charge is 0.305 e. The van der Waals surface area contributed by atoms with Crippen molar-refractivity contribution >= 4 is 46.8 Å². The Bertz CT molecular complexity index is 1250. The van der Waals surface area contributed by atoms with Gasteiger partial charge in [-0.15, -0.1) is 0 Å². The number of aliphatic carboxylic acids is 1. The predicted molar refractivity (Wildman–Crippen MR) is 171 cm³/mol. The Balaban J connectivity index is 1.76. The van der Waals surface area contributed by atoms with Gasteiger partial charge in [-0.2, -0.15) is 0 Å². The summed E-state index contributed by atoms with van der Waals surface area (Å²) < 4.78 is 5.79. The van der Waals surface area contributed by atoms with E-state index in [-0.39, 0.29) is 28.9 Å². The number of aromatic nitrogens is 1. The molecule has 0 bridgehead atoms. The van der Waals surface area contributed by atoms with Crippen molar-refractivity contribution in [2.45, 2.75) is 77.2 Å². The summed E-state index contributed by atoms with van der Waals surface area (Å²) in [5.41, 5.74) is 9.79. The molecule has 1 aromatic heterocycles. The first kappa shape index (κ1) is 36.5. The minimum Gasteiger partial charge on any atom is -0.490 e. The highest BCUT2D eigenvalue weighted by atomic mass is 35.5. The van der Waals surface area contributed by atoms with Gasteiger partial charge in [-0.25, -0.2) is 4.98 Å². The number of amides is 2. The molecule has 1 unspecified atom stereocenters. The molecule has 0 saturated heterocycles. The van der Waals surface area contributed by atoms with Crippen molar-refractivity contribution in [3.05, 3.63) is 62.1 Å². The van der Waals surface area contributed by atoms with Gasteiger partial charge in [0.05, 0.1) is 35.7 Å². The molecule has 240 valence electrons. The Labute approximate surface area is 267 Å². The van der Waals surface area contributed by atoms with Crippen molar-refractivity contribution in [1.82, 2.24) is 15.6 Å². The molecule has 2 rings (SSSR count). The Kier molecular flexibility index (Phi) is 17.4. The van der Waals surface area contributed by atoms with Gasteiger partial charge < -0.3 is 25.8 Å². The molecule has 2 amide bonds. The molecule has 0 saturated carbocycles. The van der Waals surface area contributed by atoms with Gasteiger partial charge in [0.2, 0.25) is 11.8 Å². The van der Waals surface area contributed by atoms with Crippen molar-refractivity contribution in [3.8, 4) is 5.75 Å². The molecule has 0 aliphatic heterocycles. The first-order chi connectivity index (χ1) is 21.2. The second kappa shape index (κ2) is 21.1. The number of nitrogens with zero attached hydrogens (tertiary/aromatic N) is 4. The first-order valence-electron chi connectivity index (χ1n) is 14.8. The molecule has 4 N–H and O–H groups in total. The molecule has 1 atom stereocenters. The monoisotopic (exact) mass is 649 g/mol.